The first kappa shape index (κ1) is 27.5. The zero-order chi connectivity index (χ0) is 27.2. The second-order valence-corrected chi connectivity index (χ2v) is 9.98. The summed E-state index contributed by atoms with van der Waals surface area (Å²) in [5.41, 5.74) is 1.17. The summed E-state index contributed by atoms with van der Waals surface area (Å²) >= 11 is 0. The first-order valence-corrected chi connectivity index (χ1v) is 13.5. The highest BCUT2D eigenvalue weighted by Crippen LogP contribution is 2.41. The minimum atomic E-state index is -0.743. The van der Waals surface area contributed by atoms with E-state index in [4.69, 9.17) is 14.2 Å². The molecule has 0 saturated carbocycles. The highest BCUT2D eigenvalue weighted by atomic mass is 16.6. The molecule has 0 radical (unpaired) electrons. The van der Waals surface area contributed by atoms with Crippen molar-refractivity contribution >= 4 is 17.4 Å². The fourth-order valence-corrected chi connectivity index (χ4v) is 4.78. The summed E-state index contributed by atoms with van der Waals surface area (Å²) < 4.78 is 17.2. The monoisotopic (exact) mass is 522 g/mol. The number of carbonyl (C=O) groups excluding carboxylic acids is 2. The van der Waals surface area contributed by atoms with Gasteiger partial charge in [0.2, 0.25) is 0 Å². The molecule has 1 saturated heterocycles. The largest absolute Gasteiger partial charge is 0.507 e. The number of hydrogen-bond acceptors (Lipinski definition) is 7. The molecule has 0 bridgehead atoms. The van der Waals surface area contributed by atoms with Crippen molar-refractivity contribution in [3.8, 4) is 17.2 Å². The van der Waals surface area contributed by atoms with Crippen LogP contribution in [0.3, 0.4) is 0 Å². The fourth-order valence-electron chi connectivity index (χ4n) is 4.78. The number of benzene rings is 2. The van der Waals surface area contributed by atoms with Gasteiger partial charge in [0.15, 0.2) is 11.5 Å². The molecule has 0 spiro atoms. The smallest absolute Gasteiger partial charge is 0.295 e. The van der Waals surface area contributed by atoms with Crippen molar-refractivity contribution in [2.75, 3.05) is 46.0 Å². The van der Waals surface area contributed by atoms with Crippen molar-refractivity contribution in [1.82, 2.24) is 9.80 Å². The Morgan fingerprint density at radius 3 is 2.53 bits per heavy atom. The molecular weight excluding hydrogens is 484 g/mol. The number of ether oxygens (including phenoxy) is 3. The normalized spacial score (nSPS) is 18.5. The van der Waals surface area contributed by atoms with Gasteiger partial charge in [-0.3, -0.25) is 9.59 Å². The van der Waals surface area contributed by atoms with Gasteiger partial charge in [0.1, 0.15) is 24.7 Å². The van der Waals surface area contributed by atoms with E-state index in [1.54, 1.807) is 23.1 Å². The molecule has 1 atom stereocenters. The number of aliphatic hydroxyl groups is 1. The SMILES string of the molecule is CCN(CC)CCN1C(=O)C(=O)/C(=C(\O)c2ccc3c(c2)OCCO3)C1c1cccc(OCCC(C)C)c1. The van der Waals surface area contributed by atoms with Crippen molar-refractivity contribution in [2.45, 2.75) is 40.2 Å². The van der Waals surface area contributed by atoms with Crippen LogP contribution in [0, 0.1) is 5.92 Å². The lowest BCUT2D eigenvalue weighted by Gasteiger charge is -2.28. The summed E-state index contributed by atoms with van der Waals surface area (Å²) in [6, 6.07) is 11.7. The van der Waals surface area contributed by atoms with E-state index in [1.807, 2.05) is 24.3 Å². The number of amides is 1. The number of hydrogen-bond donors (Lipinski definition) is 1. The minimum Gasteiger partial charge on any atom is -0.507 e. The maximum atomic E-state index is 13.4. The molecule has 0 aliphatic carbocycles. The zero-order valence-corrected chi connectivity index (χ0v) is 22.7. The van der Waals surface area contributed by atoms with Gasteiger partial charge in [0.05, 0.1) is 18.2 Å². The summed E-state index contributed by atoms with van der Waals surface area (Å²) in [5.74, 6) is 0.693. The lowest BCUT2D eigenvalue weighted by molar-refractivity contribution is -0.140. The summed E-state index contributed by atoms with van der Waals surface area (Å²) in [7, 11) is 0. The third-order valence-electron chi connectivity index (χ3n) is 7.04. The second-order valence-electron chi connectivity index (χ2n) is 9.98. The fraction of sp³-hybridized carbons (Fsp3) is 0.467. The number of nitrogens with zero attached hydrogens (tertiary/aromatic N) is 2. The molecule has 1 fully saturated rings. The predicted molar refractivity (Wildman–Crippen MR) is 146 cm³/mol. The van der Waals surface area contributed by atoms with Crippen LogP contribution in [0.4, 0.5) is 0 Å². The molecule has 2 heterocycles. The van der Waals surface area contributed by atoms with Crippen LogP contribution in [0.5, 0.6) is 17.2 Å². The van der Waals surface area contributed by atoms with E-state index in [1.165, 1.54) is 0 Å². The average Bonchev–Trinajstić information content (AvgIpc) is 3.18. The Labute approximate surface area is 224 Å². The quantitative estimate of drug-likeness (QED) is 0.261. The minimum absolute atomic E-state index is 0.0607. The van der Waals surface area contributed by atoms with Crippen molar-refractivity contribution in [2.24, 2.45) is 5.92 Å². The van der Waals surface area contributed by atoms with Gasteiger partial charge < -0.3 is 29.1 Å². The van der Waals surface area contributed by atoms with Crippen molar-refractivity contribution < 1.29 is 28.9 Å². The Bertz CT molecular complexity index is 1190. The van der Waals surface area contributed by atoms with Crippen molar-refractivity contribution in [1.29, 1.82) is 0 Å². The molecule has 2 aliphatic rings. The topological polar surface area (TPSA) is 88.5 Å². The van der Waals surface area contributed by atoms with Crippen LogP contribution in [-0.2, 0) is 9.59 Å². The molecule has 38 heavy (non-hydrogen) atoms. The summed E-state index contributed by atoms with van der Waals surface area (Å²) in [4.78, 5) is 30.5. The van der Waals surface area contributed by atoms with E-state index in [0.717, 1.165) is 19.5 Å². The Kier molecular flexibility index (Phi) is 8.94. The standard InChI is InChI=1S/C30H38N2O6/c1-5-31(6-2)13-14-32-27(21-8-7-9-23(18-21)36-15-12-20(3)4)26(29(34)30(32)35)28(33)22-10-11-24-25(19-22)38-17-16-37-24/h7-11,18-20,27,33H,5-6,12-17H2,1-4H3/b28-26-. The van der Waals surface area contributed by atoms with E-state index in [0.29, 0.717) is 67.2 Å². The molecule has 1 unspecified atom stereocenters. The number of aliphatic hydroxyl groups excluding tert-OH is 1. The van der Waals surface area contributed by atoms with Crippen LogP contribution in [0.15, 0.2) is 48.0 Å². The van der Waals surface area contributed by atoms with E-state index in [2.05, 4.69) is 32.6 Å². The number of Topliss-reactive ketones (excluding diaryl/α,β-unsaturated/α-hetero) is 1. The second kappa shape index (κ2) is 12.3. The van der Waals surface area contributed by atoms with Gasteiger partial charge in [-0.05, 0) is 61.3 Å². The number of likely N-dealkylation sites (tertiary alicyclic amines) is 1. The van der Waals surface area contributed by atoms with Crippen LogP contribution in [0.25, 0.3) is 5.76 Å². The number of ketones is 1. The van der Waals surface area contributed by atoms with Gasteiger partial charge in [-0.2, -0.15) is 0 Å². The summed E-state index contributed by atoms with van der Waals surface area (Å²) in [5, 5.41) is 11.4. The highest BCUT2D eigenvalue weighted by Gasteiger charge is 2.46. The van der Waals surface area contributed by atoms with E-state index < -0.39 is 17.7 Å². The predicted octanol–water partition coefficient (Wildman–Crippen LogP) is 4.65. The van der Waals surface area contributed by atoms with Gasteiger partial charge in [0, 0.05) is 18.7 Å². The number of likely N-dealkylation sites (N-methyl/N-ethyl adjacent to an activating group) is 1. The van der Waals surface area contributed by atoms with Crippen LogP contribution >= 0.6 is 0 Å². The lowest BCUT2D eigenvalue weighted by atomic mass is 9.95. The van der Waals surface area contributed by atoms with E-state index >= 15 is 0 Å². The molecule has 1 N–H and O–H groups in total. The van der Waals surface area contributed by atoms with Crippen molar-refractivity contribution in [3.05, 3.63) is 59.2 Å². The molecule has 204 valence electrons. The van der Waals surface area contributed by atoms with Crippen LogP contribution in [-0.4, -0.2) is 72.6 Å². The average molecular weight is 523 g/mol. The molecule has 2 aliphatic heterocycles. The van der Waals surface area contributed by atoms with Gasteiger partial charge in [0.25, 0.3) is 11.7 Å². The highest BCUT2D eigenvalue weighted by molar-refractivity contribution is 6.46. The number of rotatable bonds is 11. The molecule has 0 aromatic heterocycles. The first-order valence-electron chi connectivity index (χ1n) is 13.5. The number of carbonyl (C=O) groups is 2. The van der Waals surface area contributed by atoms with Crippen LogP contribution in [0.1, 0.15) is 51.3 Å². The van der Waals surface area contributed by atoms with E-state index in [-0.39, 0.29) is 11.3 Å². The molecular formula is C30H38N2O6. The Balaban J connectivity index is 1.75. The summed E-state index contributed by atoms with van der Waals surface area (Å²) in [6.07, 6.45) is 0.913. The van der Waals surface area contributed by atoms with Gasteiger partial charge >= 0.3 is 0 Å². The number of fused-ring (bicyclic) bond motifs is 1. The Morgan fingerprint density at radius 2 is 1.82 bits per heavy atom. The van der Waals surface area contributed by atoms with Gasteiger partial charge in [-0.1, -0.05) is 39.8 Å². The molecule has 2 aromatic rings. The summed E-state index contributed by atoms with van der Waals surface area (Å²) in [6.45, 7) is 12.5. The van der Waals surface area contributed by atoms with Gasteiger partial charge in [-0.25, -0.2) is 0 Å². The van der Waals surface area contributed by atoms with Crippen LogP contribution < -0.4 is 14.2 Å². The Hall–Kier alpha value is -3.52. The third kappa shape index (κ3) is 5.96. The van der Waals surface area contributed by atoms with Gasteiger partial charge in [-0.15, -0.1) is 0 Å². The first-order chi connectivity index (χ1) is 18.3. The maximum Gasteiger partial charge on any atom is 0.295 e. The van der Waals surface area contributed by atoms with E-state index in [9.17, 15) is 14.7 Å². The third-order valence-corrected chi connectivity index (χ3v) is 7.04. The lowest BCUT2D eigenvalue weighted by Crippen LogP contribution is -2.38. The Morgan fingerprint density at radius 1 is 1.08 bits per heavy atom. The molecule has 1 amide bonds. The van der Waals surface area contributed by atoms with Crippen LogP contribution in [0.2, 0.25) is 0 Å². The maximum absolute atomic E-state index is 13.4. The van der Waals surface area contributed by atoms with Crippen molar-refractivity contribution in [3.63, 3.8) is 0 Å². The molecule has 8 nitrogen and oxygen atoms in total. The zero-order valence-electron chi connectivity index (χ0n) is 22.7. The molecule has 2 aromatic carbocycles. The molecule has 8 heteroatoms. The molecule has 4 rings (SSSR count).